The topological polar surface area (TPSA) is 133 Å². The van der Waals surface area contributed by atoms with Crippen molar-refractivity contribution in [1.82, 2.24) is 5.32 Å². The lowest BCUT2D eigenvalue weighted by atomic mass is 10.0. The van der Waals surface area contributed by atoms with Crippen LogP contribution >= 0.6 is 0 Å². The van der Waals surface area contributed by atoms with Gasteiger partial charge in [0.25, 0.3) is 0 Å². The van der Waals surface area contributed by atoms with E-state index in [1.165, 1.54) is 19.1 Å². The number of aliphatic hydroxyl groups is 2. The van der Waals surface area contributed by atoms with E-state index in [-0.39, 0.29) is 24.4 Å². The molecule has 0 aliphatic carbocycles. The van der Waals surface area contributed by atoms with Crippen LogP contribution < -0.4 is 5.32 Å². The Kier molecular flexibility index (Phi) is 5.42. The van der Waals surface area contributed by atoms with Gasteiger partial charge in [0.05, 0.1) is 11.0 Å². The first-order valence-electron chi connectivity index (χ1n) is 5.91. The minimum Gasteiger partial charge on any atom is -0.502 e. The van der Waals surface area contributed by atoms with Gasteiger partial charge in [-0.2, -0.15) is 0 Å². The Hall–Kier alpha value is -2.19. The van der Waals surface area contributed by atoms with Crippen LogP contribution in [0.2, 0.25) is 0 Å². The lowest BCUT2D eigenvalue weighted by molar-refractivity contribution is -0.386. The van der Waals surface area contributed by atoms with Gasteiger partial charge in [0.2, 0.25) is 5.91 Å². The molecule has 0 saturated carbocycles. The maximum absolute atomic E-state index is 10.7. The summed E-state index contributed by atoms with van der Waals surface area (Å²) >= 11 is 0. The van der Waals surface area contributed by atoms with Crippen molar-refractivity contribution in [1.29, 1.82) is 0 Å². The Morgan fingerprint density at radius 2 is 2.10 bits per heavy atom. The number of rotatable bonds is 6. The second kappa shape index (κ2) is 6.83. The fourth-order valence-electron chi connectivity index (χ4n) is 1.70. The molecule has 0 aliphatic heterocycles. The van der Waals surface area contributed by atoms with E-state index in [2.05, 4.69) is 5.32 Å². The highest BCUT2D eigenvalue weighted by atomic mass is 16.6. The maximum atomic E-state index is 10.7. The molecule has 8 heteroatoms. The van der Waals surface area contributed by atoms with Crippen molar-refractivity contribution < 1.29 is 25.0 Å². The highest BCUT2D eigenvalue weighted by Crippen LogP contribution is 2.34. The van der Waals surface area contributed by atoms with Crippen molar-refractivity contribution >= 4 is 11.6 Å². The van der Waals surface area contributed by atoms with Gasteiger partial charge in [-0.1, -0.05) is 12.1 Å². The number of aromatic hydroxyl groups is 1. The molecule has 2 atom stereocenters. The zero-order valence-corrected chi connectivity index (χ0v) is 10.8. The number of carbonyl (C=O) groups excluding carboxylic acids is 1. The number of phenolic OH excluding ortho intramolecular Hbond substituents is 1. The van der Waals surface area contributed by atoms with Gasteiger partial charge in [-0.05, 0) is 6.42 Å². The molecule has 1 amide bonds. The molecule has 0 fully saturated rings. The van der Waals surface area contributed by atoms with E-state index >= 15 is 0 Å². The lowest BCUT2D eigenvalue weighted by Crippen LogP contribution is -2.27. The molecule has 8 nitrogen and oxygen atoms in total. The summed E-state index contributed by atoms with van der Waals surface area (Å²) in [5.41, 5.74) is -0.676. The lowest BCUT2D eigenvalue weighted by Gasteiger charge is -2.19. The first-order valence-corrected chi connectivity index (χ1v) is 5.91. The molecule has 110 valence electrons. The molecule has 0 heterocycles. The molecule has 0 radical (unpaired) electrons. The van der Waals surface area contributed by atoms with Crippen molar-refractivity contribution in [2.45, 2.75) is 25.6 Å². The number of hydrogen-bond acceptors (Lipinski definition) is 6. The molecule has 20 heavy (non-hydrogen) atoms. The fourth-order valence-corrected chi connectivity index (χ4v) is 1.70. The Morgan fingerprint density at radius 1 is 1.45 bits per heavy atom. The highest BCUT2D eigenvalue weighted by Gasteiger charge is 2.25. The Labute approximate surface area is 114 Å². The van der Waals surface area contributed by atoms with E-state index in [4.69, 9.17) is 0 Å². The number of benzene rings is 1. The van der Waals surface area contributed by atoms with Crippen LogP contribution in [0.4, 0.5) is 5.69 Å². The average Bonchev–Trinajstić information content (AvgIpc) is 2.37. The van der Waals surface area contributed by atoms with Gasteiger partial charge in [-0.25, -0.2) is 0 Å². The quantitative estimate of drug-likeness (QED) is 0.436. The molecule has 0 saturated heterocycles. The van der Waals surface area contributed by atoms with E-state index in [1.807, 2.05) is 0 Å². The third-order valence-corrected chi connectivity index (χ3v) is 2.74. The van der Waals surface area contributed by atoms with Crippen molar-refractivity contribution in [3.63, 3.8) is 0 Å². The molecule has 0 bridgehead atoms. The monoisotopic (exact) mass is 284 g/mol. The Bertz CT molecular complexity index is 505. The van der Waals surface area contributed by atoms with Crippen LogP contribution in [-0.2, 0) is 4.79 Å². The molecule has 0 spiro atoms. The molecule has 1 rings (SSSR count). The number of aliphatic hydroxyl groups excluding tert-OH is 2. The van der Waals surface area contributed by atoms with Gasteiger partial charge in [0.1, 0.15) is 6.10 Å². The first-order chi connectivity index (χ1) is 9.34. The number of phenols is 1. The maximum Gasteiger partial charge on any atom is 0.311 e. The number of nitrogens with zero attached hydrogens (tertiary/aromatic N) is 1. The number of nitrogens with one attached hydrogen (secondary N) is 1. The summed E-state index contributed by atoms with van der Waals surface area (Å²) in [6.45, 7) is 1.46. The van der Waals surface area contributed by atoms with E-state index < -0.39 is 28.6 Å². The highest BCUT2D eigenvalue weighted by molar-refractivity contribution is 5.72. The molecule has 0 aliphatic rings. The van der Waals surface area contributed by atoms with E-state index in [0.29, 0.717) is 0 Å². The number of nitro benzene ring substituents is 1. The Balaban J connectivity index is 2.81. The summed E-state index contributed by atoms with van der Waals surface area (Å²) in [5, 5.41) is 42.5. The zero-order chi connectivity index (χ0) is 15.3. The average molecular weight is 284 g/mol. The predicted octanol–water partition coefficient (Wildman–Crippen LogP) is 0.221. The van der Waals surface area contributed by atoms with Gasteiger partial charge in [-0.15, -0.1) is 0 Å². The molecule has 4 N–H and O–H groups in total. The van der Waals surface area contributed by atoms with Crippen LogP contribution in [0.25, 0.3) is 0 Å². The second-order valence-corrected chi connectivity index (χ2v) is 4.26. The SMILES string of the molecule is CC(=O)NCCC(O)C(O)c1cccc([N+](=O)[O-])c1O. The minimum atomic E-state index is -1.48. The zero-order valence-electron chi connectivity index (χ0n) is 10.8. The molecule has 1 aromatic rings. The summed E-state index contributed by atoms with van der Waals surface area (Å²) in [4.78, 5) is 20.6. The summed E-state index contributed by atoms with van der Waals surface area (Å²) < 4.78 is 0. The first kappa shape index (κ1) is 15.9. The fraction of sp³-hybridized carbons (Fsp3) is 0.417. The molecular formula is C12H16N2O6. The largest absolute Gasteiger partial charge is 0.502 e. The summed E-state index contributed by atoms with van der Waals surface area (Å²) in [6, 6.07) is 3.68. The summed E-state index contributed by atoms with van der Waals surface area (Å²) in [6.07, 6.45) is -2.71. The summed E-state index contributed by atoms with van der Waals surface area (Å²) in [5.74, 6) is -0.950. The van der Waals surface area contributed by atoms with Crippen LogP contribution in [0, 0.1) is 10.1 Å². The molecule has 0 aromatic heterocycles. The standard InChI is InChI=1S/C12H16N2O6/c1-7(15)13-6-5-10(16)12(18)8-3-2-4-9(11(8)17)14(19)20/h2-4,10,12,16-18H,5-6H2,1H3,(H,13,15). The van der Waals surface area contributed by atoms with Crippen molar-refractivity contribution in [3.8, 4) is 5.75 Å². The van der Waals surface area contributed by atoms with Crippen LogP contribution in [0.5, 0.6) is 5.75 Å². The van der Waals surface area contributed by atoms with Gasteiger partial charge >= 0.3 is 5.69 Å². The van der Waals surface area contributed by atoms with E-state index in [0.717, 1.165) is 6.07 Å². The number of amides is 1. The summed E-state index contributed by atoms with van der Waals surface area (Å²) in [7, 11) is 0. The van der Waals surface area contributed by atoms with Crippen molar-refractivity contribution in [3.05, 3.63) is 33.9 Å². The van der Waals surface area contributed by atoms with Crippen LogP contribution in [0.3, 0.4) is 0 Å². The number of hydrogen-bond donors (Lipinski definition) is 4. The van der Waals surface area contributed by atoms with Gasteiger partial charge in [-0.3, -0.25) is 14.9 Å². The van der Waals surface area contributed by atoms with Gasteiger partial charge in [0.15, 0.2) is 5.75 Å². The second-order valence-electron chi connectivity index (χ2n) is 4.26. The number of para-hydroxylation sites is 1. The molecule has 1 aromatic carbocycles. The van der Waals surface area contributed by atoms with Gasteiger partial charge in [0, 0.05) is 25.1 Å². The van der Waals surface area contributed by atoms with Crippen molar-refractivity contribution in [2.24, 2.45) is 0 Å². The van der Waals surface area contributed by atoms with Crippen molar-refractivity contribution in [2.75, 3.05) is 6.54 Å². The smallest absolute Gasteiger partial charge is 0.311 e. The van der Waals surface area contributed by atoms with Gasteiger partial charge < -0.3 is 20.6 Å². The van der Waals surface area contributed by atoms with E-state index in [9.17, 15) is 30.2 Å². The Morgan fingerprint density at radius 3 is 2.65 bits per heavy atom. The van der Waals surface area contributed by atoms with E-state index in [1.54, 1.807) is 0 Å². The molecule has 2 unspecified atom stereocenters. The van der Waals surface area contributed by atoms with Crippen LogP contribution in [-0.4, -0.2) is 38.8 Å². The minimum absolute atomic E-state index is 0.0445. The third-order valence-electron chi connectivity index (χ3n) is 2.74. The number of nitro groups is 1. The van der Waals surface area contributed by atoms with Crippen LogP contribution in [0.1, 0.15) is 25.0 Å². The third kappa shape index (κ3) is 3.90. The number of carbonyl (C=O) groups is 1. The molecular weight excluding hydrogens is 268 g/mol. The normalized spacial score (nSPS) is 13.6. The predicted molar refractivity (Wildman–Crippen MR) is 69.0 cm³/mol. The van der Waals surface area contributed by atoms with Crippen LogP contribution in [0.15, 0.2) is 18.2 Å².